The van der Waals surface area contributed by atoms with Gasteiger partial charge in [-0.25, -0.2) is 0 Å². The minimum absolute atomic E-state index is 0.192. The Kier molecular flexibility index (Phi) is 3.73. The van der Waals surface area contributed by atoms with E-state index in [-0.39, 0.29) is 5.11 Å². The summed E-state index contributed by atoms with van der Waals surface area (Å²) >= 11 is 4.84. The summed E-state index contributed by atoms with van der Waals surface area (Å²) in [5.74, 6) is 0.696. The number of aromatic nitrogens is 3. The molecule has 0 aliphatic carbocycles. The second-order valence-corrected chi connectivity index (χ2v) is 3.91. The van der Waals surface area contributed by atoms with Crippen molar-refractivity contribution >= 4 is 23.0 Å². The molecule has 0 fully saturated rings. The molecular weight excluding hydrogens is 250 g/mol. The normalized spacial score (nSPS) is 10.1. The van der Waals surface area contributed by atoms with Gasteiger partial charge in [0, 0.05) is 0 Å². The van der Waals surface area contributed by atoms with Crippen LogP contribution in [0.3, 0.4) is 0 Å². The van der Waals surface area contributed by atoms with Gasteiger partial charge in [-0.1, -0.05) is 0 Å². The zero-order valence-corrected chi connectivity index (χ0v) is 10.6. The molecule has 3 N–H and O–H groups in total. The van der Waals surface area contributed by atoms with Crippen molar-refractivity contribution in [2.45, 2.75) is 6.92 Å². The summed E-state index contributed by atoms with van der Waals surface area (Å²) in [5.41, 5.74) is 7.10. The van der Waals surface area contributed by atoms with Gasteiger partial charge in [0.1, 0.15) is 18.4 Å². The van der Waals surface area contributed by atoms with Crippen LogP contribution in [0.2, 0.25) is 0 Å². The molecule has 2 aromatic rings. The van der Waals surface area contributed by atoms with E-state index < -0.39 is 0 Å². The Morgan fingerprint density at radius 2 is 2.17 bits per heavy atom. The summed E-state index contributed by atoms with van der Waals surface area (Å²) in [6, 6.07) is 5.62. The maximum absolute atomic E-state index is 5.49. The lowest BCUT2D eigenvalue weighted by molar-refractivity contribution is 0.342. The number of nitrogens with zero attached hydrogens (tertiary/aromatic N) is 3. The fraction of sp³-hybridized carbons (Fsp3) is 0.182. The van der Waals surface area contributed by atoms with E-state index in [1.807, 2.05) is 25.1 Å². The first-order valence-electron chi connectivity index (χ1n) is 5.39. The van der Waals surface area contributed by atoms with Crippen molar-refractivity contribution in [1.29, 1.82) is 0 Å². The number of nitrogens with two attached hydrogens (primary N) is 1. The first kappa shape index (κ1) is 12.3. The van der Waals surface area contributed by atoms with Gasteiger partial charge in [-0.15, -0.1) is 10.2 Å². The molecule has 1 aromatic heterocycles. The van der Waals surface area contributed by atoms with Gasteiger partial charge in [-0.3, -0.25) is 4.57 Å². The van der Waals surface area contributed by atoms with Crippen LogP contribution in [0.5, 0.6) is 5.75 Å². The summed E-state index contributed by atoms with van der Waals surface area (Å²) in [7, 11) is 0. The zero-order chi connectivity index (χ0) is 13.0. The van der Waals surface area contributed by atoms with Crippen LogP contribution in [0.25, 0.3) is 5.69 Å². The molecule has 0 bridgehead atoms. The second kappa shape index (κ2) is 5.46. The molecule has 2 rings (SSSR count). The second-order valence-electron chi connectivity index (χ2n) is 3.47. The highest BCUT2D eigenvalue weighted by Gasteiger charge is 2.06. The topological polar surface area (TPSA) is 78.0 Å². The maximum atomic E-state index is 5.49. The largest absolute Gasteiger partial charge is 0.492 e. The van der Waals surface area contributed by atoms with Crippen molar-refractivity contribution in [3.63, 3.8) is 0 Å². The van der Waals surface area contributed by atoms with Gasteiger partial charge >= 0.3 is 0 Å². The van der Waals surface area contributed by atoms with E-state index in [0.717, 1.165) is 11.4 Å². The van der Waals surface area contributed by atoms with E-state index in [1.54, 1.807) is 17.2 Å². The molecule has 0 aliphatic rings. The third-order valence-electron chi connectivity index (χ3n) is 2.24. The standard InChI is InChI=1S/C11H13N5OS/c1-2-17-10-4-3-8(16-6-13-14-7-16)5-9(10)15-11(12)18/h3-7H,2H2,1H3,(H3,12,15,18). The van der Waals surface area contributed by atoms with Crippen molar-refractivity contribution in [3.05, 3.63) is 30.9 Å². The van der Waals surface area contributed by atoms with Crippen molar-refractivity contribution in [1.82, 2.24) is 14.8 Å². The molecule has 0 spiro atoms. The number of hydrogen-bond donors (Lipinski definition) is 2. The van der Waals surface area contributed by atoms with Crippen molar-refractivity contribution in [2.75, 3.05) is 11.9 Å². The third-order valence-corrected chi connectivity index (χ3v) is 2.34. The van der Waals surface area contributed by atoms with Crippen molar-refractivity contribution in [3.8, 4) is 11.4 Å². The van der Waals surface area contributed by atoms with Gasteiger partial charge in [0.25, 0.3) is 0 Å². The summed E-state index contributed by atoms with van der Waals surface area (Å²) in [6.07, 6.45) is 3.22. The molecule has 0 amide bonds. The molecule has 18 heavy (non-hydrogen) atoms. The highest BCUT2D eigenvalue weighted by atomic mass is 32.1. The Morgan fingerprint density at radius 1 is 1.44 bits per heavy atom. The predicted octanol–water partition coefficient (Wildman–Crippen LogP) is 1.32. The SMILES string of the molecule is CCOc1ccc(-n2cnnc2)cc1NC(N)=S. The average Bonchev–Trinajstić information content (AvgIpc) is 2.84. The van der Waals surface area contributed by atoms with E-state index in [2.05, 4.69) is 15.5 Å². The number of anilines is 1. The van der Waals surface area contributed by atoms with Gasteiger partial charge in [-0.2, -0.15) is 0 Å². The Hall–Kier alpha value is -2.15. The average molecular weight is 263 g/mol. The van der Waals surface area contributed by atoms with E-state index in [4.69, 9.17) is 22.7 Å². The van der Waals surface area contributed by atoms with Crippen LogP contribution >= 0.6 is 12.2 Å². The number of rotatable bonds is 4. The summed E-state index contributed by atoms with van der Waals surface area (Å²) in [5, 5.41) is 10.6. The van der Waals surface area contributed by atoms with E-state index in [1.165, 1.54) is 0 Å². The maximum Gasteiger partial charge on any atom is 0.168 e. The molecule has 0 saturated heterocycles. The van der Waals surface area contributed by atoms with Crippen LogP contribution in [-0.2, 0) is 0 Å². The fourth-order valence-electron chi connectivity index (χ4n) is 1.52. The molecule has 0 radical (unpaired) electrons. The van der Waals surface area contributed by atoms with Gasteiger partial charge in [0.2, 0.25) is 0 Å². The number of thiocarbonyl (C=S) groups is 1. The molecule has 0 atom stereocenters. The molecule has 1 heterocycles. The monoisotopic (exact) mass is 263 g/mol. The fourth-order valence-corrected chi connectivity index (χ4v) is 1.63. The van der Waals surface area contributed by atoms with Crippen molar-refractivity contribution < 1.29 is 4.74 Å². The highest BCUT2D eigenvalue weighted by molar-refractivity contribution is 7.80. The first-order valence-corrected chi connectivity index (χ1v) is 5.80. The zero-order valence-electron chi connectivity index (χ0n) is 9.83. The lowest BCUT2D eigenvalue weighted by Crippen LogP contribution is -2.19. The molecule has 94 valence electrons. The van der Waals surface area contributed by atoms with Crippen LogP contribution in [0.1, 0.15) is 6.92 Å². The van der Waals surface area contributed by atoms with Gasteiger partial charge in [0.15, 0.2) is 5.11 Å². The summed E-state index contributed by atoms with van der Waals surface area (Å²) in [4.78, 5) is 0. The Labute approximate surface area is 110 Å². The quantitative estimate of drug-likeness (QED) is 0.810. The first-order chi connectivity index (χ1) is 8.70. The van der Waals surface area contributed by atoms with Gasteiger partial charge in [0.05, 0.1) is 18.0 Å². The molecule has 0 aliphatic heterocycles. The van der Waals surface area contributed by atoms with Crippen LogP contribution < -0.4 is 15.8 Å². The number of nitrogens with one attached hydrogen (secondary N) is 1. The van der Waals surface area contributed by atoms with E-state index in [0.29, 0.717) is 12.4 Å². The van der Waals surface area contributed by atoms with Crippen LogP contribution in [0, 0.1) is 0 Å². The van der Waals surface area contributed by atoms with E-state index in [9.17, 15) is 0 Å². The van der Waals surface area contributed by atoms with Gasteiger partial charge in [-0.05, 0) is 37.3 Å². The van der Waals surface area contributed by atoms with Crippen LogP contribution in [0.4, 0.5) is 5.69 Å². The number of benzene rings is 1. The smallest absolute Gasteiger partial charge is 0.168 e. The Bertz CT molecular complexity index is 540. The number of ether oxygens (including phenoxy) is 1. The molecule has 0 unspecified atom stereocenters. The minimum atomic E-state index is 0.192. The Morgan fingerprint density at radius 3 is 2.78 bits per heavy atom. The molecule has 1 aromatic carbocycles. The predicted molar refractivity (Wildman–Crippen MR) is 72.9 cm³/mol. The lowest BCUT2D eigenvalue weighted by Gasteiger charge is -2.13. The van der Waals surface area contributed by atoms with Crippen LogP contribution in [-0.4, -0.2) is 26.5 Å². The van der Waals surface area contributed by atoms with Gasteiger partial charge < -0.3 is 15.8 Å². The van der Waals surface area contributed by atoms with E-state index >= 15 is 0 Å². The Balaban J connectivity index is 2.38. The van der Waals surface area contributed by atoms with Crippen LogP contribution in [0.15, 0.2) is 30.9 Å². The molecule has 7 heteroatoms. The number of hydrogen-bond acceptors (Lipinski definition) is 4. The minimum Gasteiger partial charge on any atom is -0.492 e. The molecule has 0 saturated carbocycles. The third kappa shape index (κ3) is 2.75. The highest BCUT2D eigenvalue weighted by Crippen LogP contribution is 2.27. The summed E-state index contributed by atoms with van der Waals surface area (Å²) < 4.78 is 7.27. The summed E-state index contributed by atoms with van der Waals surface area (Å²) in [6.45, 7) is 2.48. The van der Waals surface area contributed by atoms with Crippen molar-refractivity contribution in [2.24, 2.45) is 5.73 Å². The lowest BCUT2D eigenvalue weighted by atomic mass is 10.2. The molecule has 6 nitrogen and oxygen atoms in total. The molecular formula is C11H13N5OS.